The molecule has 0 aromatic carbocycles. The van der Waals surface area contributed by atoms with E-state index in [4.69, 9.17) is 0 Å². The minimum absolute atomic E-state index is 0.00192. The second-order valence-corrected chi connectivity index (χ2v) is 9.18. The van der Waals surface area contributed by atoms with E-state index in [2.05, 4.69) is 5.32 Å². The van der Waals surface area contributed by atoms with Gasteiger partial charge >= 0.3 is 0 Å². The van der Waals surface area contributed by atoms with Crippen molar-refractivity contribution in [1.29, 1.82) is 0 Å². The lowest BCUT2D eigenvalue weighted by Crippen LogP contribution is -2.45. The number of nitrogens with zero attached hydrogens (tertiary/aromatic N) is 2. The van der Waals surface area contributed by atoms with Gasteiger partial charge in [0.05, 0.1) is 0 Å². The van der Waals surface area contributed by atoms with Gasteiger partial charge in [-0.15, -0.1) is 0 Å². The maximum Gasteiger partial charge on any atom is 0.225 e. The highest BCUT2D eigenvalue weighted by Crippen LogP contribution is 2.29. The largest absolute Gasteiger partial charge is 0.356 e. The lowest BCUT2D eigenvalue weighted by atomic mass is 9.94. The predicted molar refractivity (Wildman–Crippen MR) is 113 cm³/mol. The summed E-state index contributed by atoms with van der Waals surface area (Å²) in [7, 11) is 0. The van der Waals surface area contributed by atoms with Gasteiger partial charge in [-0.25, -0.2) is 0 Å². The standard InChI is InChI=1S/C23H39N3O3/c27-21-13-18-26(15-6-2-1-5-14-24-21)23(29)20-11-16-25(17-12-20)22(28)10-9-19-7-3-4-8-19/h19-20H,1-18H2,(H,24,27). The van der Waals surface area contributed by atoms with E-state index < -0.39 is 0 Å². The summed E-state index contributed by atoms with van der Waals surface area (Å²) < 4.78 is 0. The monoisotopic (exact) mass is 405 g/mol. The van der Waals surface area contributed by atoms with Crippen LogP contribution in [0.5, 0.6) is 0 Å². The van der Waals surface area contributed by atoms with Gasteiger partial charge in [0.15, 0.2) is 0 Å². The van der Waals surface area contributed by atoms with E-state index in [0.717, 1.165) is 64.0 Å². The number of hydrogen-bond donors (Lipinski definition) is 1. The Balaban J connectivity index is 1.43. The molecule has 2 aliphatic heterocycles. The number of carbonyl (C=O) groups is 3. The van der Waals surface area contributed by atoms with Gasteiger partial charge in [0.1, 0.15) is 0 Å². The molecule has 2 saturated heterocycles. The van der Waals surface area contributed by atoms with Crippen molar-refractivity contribution in [3.05, 3.63) is 0 Å². The molecular formula is C23H39N3O3. The van der Waals surface area contributed by atoms with Gasteiger partial charge in [-0.2, -0.15) is 0 Å². The van der Waals surface area contributed by atoms with Gasteiger partial charge < -0.3 is 15.1 Å². The fourth-order valence-corrected chi connectivity index (χ4v) is 5.08. The second-order valence-electron chi connectivity index (χ2n) is 9.18. The Morgan fingerprint density at radius 1 is 0.828 bits per heavy atom. The summed E-state index contributed by atoms with van der Waals surface area (Å²) in [5, 5.41) is 2.95. The first-order valence-electron chi connectivity index (χ1n) is 12.0. The van der Waals surface area contributed by atoms with Crippen LogP contribution in [-0.4, -0.2) is 60.2 Å². The van der Waals surface area contributed by atoms with E-state index in [1.807, 2.05) is 9.80 Å². The van der Waals surface area contributed by atoms with Crippen LogP contribution in [0.15, 0.2) is 0 Å². The number of hydrogen-bond acceptors (Lipinski definition) is 3. The van der Waals surface area contributed by atoms with Gasteiger partial charge in [-0.05, 0) is 38.0 Å². The number of rotatable bonds is 4. The van der Waals surface area contributed by atoms with Crippen LogP contribution in [0.3, 0.4) is 0 Å². The van der Waals surface area contributed by atoms with Crippen LogP contribution in [0.25, 0.3) is 0 Å². The van der Waals surface area contributed by atoms with Crippen LogP contribution in [-0.2, 0) is 14.4 Å². The molecule has 29 heavy (non-hydrogen) atoms. The van der Waals surface area contributed by atoms with Crippen molar-refractivity contribution in [2.45, 2.75) is 83.5 Å². The molecule has 0 bridgehead atoms. The molecule has 3 rings (SSSR count). The molecule has 0 atom stereocenters. The van der Waals surface area contributed by atoms with Crippen molar-refractivity contribution < 1.29 is 14.4 Å². The third kappa shape index (κ3) is 7.00. The van der Waals surface area contributed by atoms with Gasteiger partial charge in [0.2, 0.25) is 17.7 Å². The zero-order chi connectivity index (χ0) is 20.5. The molecule has 6 heteroatoms. The molecule has 3 fully saturated rings. The minimum atomic E-state index is 0.00192. The maximum atomic E-state index is 13.1. The summed E-state index contributed by atoms with van der Waals surface area (Å²) in [6.45, 7) is 3.43. The van der Waals surface area contributed by atoms with Crippen LogP contribution in [0.1, 0.15) is 83.5 Å². The van der Waals surface area contributed by atoms with Gasteiger partial charge in [-0.1, -0.05) is 38.5 Å². The Morgan fingerprint density at radius 3 is 2.31 bits per heavy atom. The Morgan fingerprint density at radius 2 is 1.55 bits per heavy atom. The van der Waals surface area contributed by atoms with E-state index in [9.17, 15) is 14.4 Å². The van der Waals surface area contributed by atoms with Gasteiger partial charge in [-0.3, -0.25) is 14.4 Å². The minimum Gasteiger partial charge on any atom is -0.356 e. The lowest BCUT2D eigenvalue weighted by molar-refractivity contribution is -0.141. The Bertz CT molecular complexity index is 552. The van der Waals surface area contributed by atoms with Gasteiger partial charge in [0, 0.05) is 51.5 Å². The number of nitrogens with one attached hydrogen (secondary N) is 1. The summed E-state index contributed by atoms with van der Waals surface area (Å²) in [5.41, 5.74) is 0. The predicted octanol–water partition coefficient (Wildman–Crippen LogP) is 3.10. The summed E-state index contributed by atoms with van der Waals surface area (Å²) in [5.74, 6) is 1.26. The molecule has 0 spiro atoms. The normalized spacial score (nSPS) is 23.5. The number of carbonyl (C=O) groups excluding carboxylic acids is 3. The van der Waals surface area contributed by atoms with Crippen molar-refractivity contribution >= 4 is 17.7 Å². The Labute approximate surface area is 175 Å². The van der Waals surface area contributed by atoms with Crippen molar-refractivity contribution in [3.8, 4) is 0 Å². The summed E-state index contributed by atoms with van der Waals surface area (Å²) >= 11 is 0. The molecule has 2 heterocycles. The molecule has 164 valence electrons. The molecule has 1 saturated carbocycles. The van der Waals surface area contributed by atoms with Crippen LogP contribution in [0.2, 0.25) is 0 Å². The highest BCUT2D eigenvalue weighted by atomic mass is 16.2. The highest BCUT2D eigenvalue weighted by Gasteiger charge is 2.30. The molecule has 0 radical (unpaired) electrons. The molecule has 0 aromatic rings. The van der Waals surface area contributed by atoms with E-state index in [-0.39, 0.29) is 23.6 Å². The van der Waals surface area contributed by atoms with Crippen LogP contribution in [0, 0.1) is 11.8 Å². The fourth-order valence-electron chi connectivity index (χ4n) is 5.08. The Kier molecular flexibility index (Phi) is 8.81. The van der Waals surface area contributed by atoms with E-state index in [0.29, 0.717) is 32.5 Å². The average Bonchev–Trinajstić information content (AvgIpc) is 3.25. The SMILES string of the molecule is O=C1CCN(C(=O)C2CCN(C(=O)CCC3CCCC3)CC2)CCCCCCN1. The van der Waals surface area contributed by atoms with Crippen molar-refractivity contribution in [1.82, 2.24) is 15.1 Å². The second kappa shape index (κ2) is 11.6. The van der Waals surface area contributed by atoms with Crippen LogP contribution in [0.4, 0.5) is 0 Å². The highest BCUT2D eigenvalue weighted by molar-refractivity contribution is 5.81. The third-order valence-electron chi connectivity index (χ3n) is 7.04. The lowest BCUT2D eigenvalue weighted by Gasteiger charge is -2.34. The number of amides is 3. The van der Waals surface area contributed by atoms with Crippen molar-refractivity contribution in [2.24, 2.45) is 11.8 Å². The van der Waals surface area contributed by atoms with Gasteiger partial charge in [0.25, 0.3) is 0 Å². The van der Waals surface area contributed by atoms with E-state index >= 15 is 0 Å². The van der Waals surface area contributed by atoms with E-state index in [1.54, 1.807) is 0 Å². The average molecular weight is 406 g/mol. The summed E-state index contributed by atoms with van der Waals surface area (Å²) in [4.78, 5) is 41.4. The Hall–Kier alpha value is -1.59. The third-order valence-corrected chi connectivity index (χ3v) is 7.04. The zero-order valence-corrected chi connectivity index (χ0v) is 18.0. The molecule has 3 aliphatic rings. The molecule has 1 aliphatic carbocycles. The van der Waals surface area contributed by atoms with Crippen LogP contribution < -0.4 is 5.32 Å². The van der Waals surface area contributed by atoms with Crippen molar-refractivity contribution in [3.63, 3.8) is 0 Å². The van der Waals surface area contributed by atoms with Crippen molar-refractivity contribution in [2.75, 3.05) is 32.7 Å². The topological polar surface area (TPSA) is 69.7 Å². The molecular weight excluding hydrogens is 366 g/mol. The molecule has 1 N–H and O–H groups in total. The first-order chi connectivity index (χ1) is 14.1. The summed E-state index contributed by atoms with van der Waals surface area (Å²) in [6.07, 6.45) is 13.1. The molecule has 0 aromatic heterocycles. The van der Waals surface area contributed by atoms with E-state index in [1.165, 1.54) is 25.7 Å². The quantitative estimate of drug-likeness (QED) is 0.781. The number of likely N-dealkylation sites (tertiary alicyclic amines) is 1. The first-order valence-corrected chi connectivity index (χ1v) is 12.0. The molecule has 3 amide bonds. The molecule has 6 nitrogen and oxygen atoms in total. The maximum absolute atomic E-state index is 13.1. The number of piperidine rings is 1. The smallest absolute Gasteiger partial charge is 0.225 e. The summed E-state index contributed by atoms with van der Waals surface area (Å²) in [6, 6.07) is 0. The fraction of sp³-hybridized carbons (Fsp3) is 0.870. The molecule has 0 unspecified atom stereocenters. The first kappa shape index (κ1) is 22.1. The zero-order valence-electron chi connectivity index (χ0n) is 18.0. The van der Waals surface area contributed by atoms with Crippen LogP contribution >= 0.6 is 0 Å².